The van der Waals surface area contributed by atoms with Crippen LogP contribution in [0.2, 0.25) is 0 Å². The Balaban J connectivity index is 1.97. The molecule has 1 fully saturated rings. The lowest BCUT2D eigenvalue weighted by atomic mass is 9.79. The molecule has 7 heteroatoms. The first-order valence-corrected chi connectivity index (χ1v) is 6.92. The second-order valence-electron chi connectivity index (χ2n) is 5.76. The van der Waals surface area contributed by atoms with E-state index in [2.05, 4.69) is 0 Å². The molecule has 1 aliphatic rings. The number of fused-ring (bicyclic) bond motifs is 1. The van der Waals surface area contributed by atoms with Crippen molar-refractivity contribution in [1.82, 2.24) is 4.57 Å². The maximum absolute atomic E-state index is 11.9. The van der Waals surface area contributed by atoms with Crippen molar-refractivity contribution < 1.29 is 18.5 Å². The van der Waals surface area contributed by atoms with Crippen LogP contribution in [-0.4, -0.2) is 37.6 Å². The number of nitrogens with zero attached hydrogens (tertiary/aromatic N) is 1. The van der Waals surface area contributed by atoms with E-state index in [4.69, 9.17) is 18.5 Å². The van der Waals surface area contributed by atoms with E-state index in [9.17, 15) is 4.79 Å². The van der Waals surface area contributed by atoms with Crippen molar-refractivity contribution in [2.75, 3.05) is 20.3 Å². The zero-order chi connectivity index (χ0) is 15.0. The summed E-state index contributed by atoms with van der Waals surface area (Å²) in [6.07, 6.45) is 0. The van der Waals surface area contributed by atoms with Gasteiger partial charge in [0, 0.05) is 7.11 Å². The fourth-order valence-corrected chi connectivity index (χ4v) is 2.42. The van der Waals surface area contributed by atoms with Gasteiger partial charge in [-0.05, 0) is 31.4 Å². The number of aromatic nitrogens is 1. The Morgan fingerprint density at radius 1 is 1.43 bits per heavy atom. The maximum atomic E-state index is 11.9. The van der Waals surface area contributed by atoms with Crippen molar-refractivity contribution in [2.45, 2.75) is 26.0 Å². The van der Waals surface area contributed by atoms with E-state index >= 15 is 0 Å². The lowest BCUT2D eigenvalue weighted by Crippen LogP contribution is -2.34. The Hall–Kier alpha value is -1.57. The van der Waals surface area contributed by atoms with Gasteiger partial charge in [-0.3, -0.25) is 4.57 Å². The maximum Gasteiger partial charge on any atom is 0.494 e. The van der Waals surface area contributed by atoms with Crippen molar-refractivity contribution in [3.63, 3.8) is 0 Å². The van der Waals surface area contributed by atoms with Crippen LogP contribution in [0.3, 0.4) is 0 Å². The molecule has 21 heavy (non-hydrogen) atoms. The molecule has 6 nitrogen and oxygen atoms in total. The summed E-state index contributed by atoms with van der Waals surface area (Å²) in [5.41, 5.74) is 1.86. The van der Waals surface area contributed by atoms with Gasteiger partial charge in [-0.1, -0.05) is 6.07 Å². The molecule has 0 amide bonds. The van der Waals surface area contributed by atoms with Crippen molar-refractivity contribution in [1.29, 1.82) is 0 Å². The van der Waals surface area contributed by atoms with E-state index < -0.39 is 7.12 Å². The summed E-state index contributed by atoms with van der Waals surface area (Å²) >= 11 is 0. The van der Waals surface area contributed by atoms with Crippen LogP contribution in [0, 0.1) is 0 Å². The number of benzene rings is 1. The van der Waals surface area contributed by atoms with Gasteiger partial charge in [0.2, 0.25) is 0 Å². The molecule has 0 aliphatic carbocycles. The first-order chi connectivity index (χ1) is 10.00. The number of hydrogen-bond donors (Lipinski definition) is 0. The van der Waals surface area contributed by atoms with Crippen LogP contribution in [0.4, 0.5) is 0 Å². The Morgan fingerprint density at radius 2 is 2.24 bits per heavy atom. The van der Waals surface area contributed by atoms with Crippen LogP contribution < -0.4 is 11.2 Å². The van der Waals surface area contributed by atoms with Gasteiger partial charge in [0.25, 0.3) is 0 Å². The van der Waals surface area contributed by atoms with E-state index in [1.54, 1.807) is 17.7 Å². The molecule has 0 unspecified atom stereocenters. The van der Waals surface area contributed by atoms with E-state index in [-0.39, 0.29) is 11.4 Å². The average Bonchev–Trinajstić information content (AvgIpc) is 2.95. The molecule has 0 N–H and O–H groups in total. The molecular weight excluding hydrogens is 273 g/mol. The Labute approximate surface area is 122 Å². The predicted octanol–water partition coefficient (Wildman–Crippen LogP) is 0.761. The molecule has 112 valence electrons. The molecule has 1 aliphatic heterocycles. The lowest BCUT2D eigenvalue weighted by molar-refractivity contribution is 0.137. The SMILES string of the molecule is COCCn1c(=O)oc2ccc(B3OCC(C)(C)O3)cc21. The third kappa shape index (κ3) is 2.77. The fourth-order valence-electron chi connectivity index (χ4n) is 2.42. The molecule has 2 heterocycles. The molecule has 1 aromatic carbocycles. The molecule has 0 bridgehead atoms. The molecule has 1 saturated heterocycles. The highest BCUT2D eigenvalue weighted by Gasteiger charge is 2.38. The number of ether oxygens (including phenoxy) is 1. The summed E-state index contributed by atoms with van der Waals surface area (Å²) in [5.74, 6) is -0.382. The zero-order valence-electron chi connectivity index (χ0n) is 12.4. The van der Waals surface area contributed by atoms with Crippen LogP contribution in [0.25, 0.3) is 11.1 Å². The van der Waals surface area contributed by atoms with Gasteiger partial charge < -0.3 is 18.5 Å². The molecule has 1 aromatic heterocycles. The normalized spacial score (nSPS) is 17.8. The van der Waals surface area contributed by atoms with Crippen molar-refractivity contribution >= 4 is 23.7 Å². The van der Waals surface area contributed by atoms with Crippen LogP contribution in [0.15, 0.2) is 27.4 Å². The second kappa shape index (κ2) is 5.33. The number of methoxy groups -OCH3 is 1. The molecule has 0 radical (unpaired) electrons. The zero-order valence-corrected chi connectivity index (χ0v) is 12.4. The third-order valence-corrected chi connectivity index (χ3v) is 3.49. The highest BCUT2D eigenvalue weighted by atomic mass is 16.7. The van der Waals surface area contributed by atoms with Gasteiger partial charge in [-0.15, -0.1) is 0 Å². The lowest BCUT2D eigenvalue weighted by Gasteiger charge is -2.15. The van der Waals surface area contributed by atoms with E-state index in [0.29, 0.717) is 25.3 Å². The molecular formula is C14H18BNO5. The first kappa shape index (κ1) is 14.4. The Bertz CT molecular complexity index is 705. The topological polar surface area (TPSA) is 62.8 Å². The summed E-state index contributed by atoms with van der Waals surface area (Å²) in [4.78, 5) is 11.9. The number of rotatable bonds is 4. The monoisotopic (exact) mass is 291 g/mol. The van der Waals surface area contributed by atoms with Crippen LogP contribution in [0.5, 0.6) is 0 Å². The van der Waals surface area contributed by atoms with Gasteiger partial charge in [-0.2, -0.15) is 0 Å². The van der Waals surface area contributed by atoms with Crippen molar-refractivity contribution in [3.05, 3.63) is 28.7 Å². The average molecular weight is 291 g/mol. The first-order valence-electron chi connectivity index (χ1n) is 6.92. The van der Waals surface area contributed by atoms with Gasteiger partial charge in [0.1, 0.15) is 0 Å². The van der Waals surface area contributed by atoms with Crippen LogP contribution in [-0.2, 0) is 20.6 Å². The third-order valence-electron chi connectivity index (χ3n) is 3.49. The second-order valence-corrected chi connectivity index (χ2v) is 5.76. The minimum Gasteiger partial charge on any atom is -0.408 e. The minimum atomic E-state index is -0.412. The highest BCUT2D eigenvalue weighted by molar-refractivity contribution is 6.62. The van der Waals surface area contributed by atoms with Gasteiger partial charge in [0.15, 0.2) is 5.58 Å². The molecule has 2 aromatic rings. The Kier molecular flexibility index (Phi) is 3.65. The van der Waals surface area contributed by atoms with Gasteiger partial charge >= 0.3 is 12.9 Å². The summed E-state index contributed by atoms with van der Waals surface area (Å²) in [5, 5.41) is 0. The fraction of sp³-hybridized carbons (Fsp3) is 0.500. The summed E-state index contributed by atoms with van der Waals surface area (Å²) in [6, 6.07) is 5.51. The van der Waals surface area contributed by atoms with E-state index in [0.717, 1.165) is 11.0 Å². The minimum absolute atomic E-state index is 0.300. The quantitative estimate of drug-likeness (QED) is 0.778. The van der Waals surface area contributed by atoms with Crippen molar-refractivity contribution in [2.24, 2.45) is 0 Å². The summed E-state index contributed by atoms with van der Waals surface area (Å²) in [7, 11) is 1.19. The number of oxazole rings is 1. The standard InChI is InChI=1S/C14H18BNO5/c1-14(2)9-19-15(21-14)10-4-5-12-11(8-10)16(6-7-18-3)13(17)20-12/h4-5,8H,6-7,9H2,1-3H3. The highest BCUT2D eigenvalue weighted by Crippen LogP contribution is 2.20. The summed E-state index contributed by atoms with van der Waals surface area (Å²) in [6.45, 7) is 5.40. The molecule has 0 saturated carbocycles. The van der Waals surface area contributed by atoms with E-state index in [1.807, 2.05) is 26.0 Å². The largest absolute Gasteiger partial charge is 0.494 e. The van der Waals surface area contributed by atoms with Gasteiger partial charge in [0.05, 0.1) is 30.9 Å². The summed E-state index contributed by atoms with van der Waals surface area (Å²) < 4.78 is 23.3. The number of hydrogen-bond acceptors (Lipinski definition) is 5. The van der Waals surface area contributed by atoms with Crippen LogP contribution in [0.1, 0.15) is 13.8 Å². The Morgan fingerprint density at radius 3 is 2.90 bits per heavy atom. The smallest absolute Gasteiger partial charge is 0.408 e. The molecule has 3 rings (SSSR count). The molecule has 0 atom stereocenters. The van der Waals surface area contributed by atoms with E-state index in [1.165, 1.54) is 0 Å². The predicted molar refractivity (Wildman–Crippen MR) is 78.9 cm³/mol. The molecule has 0 spiro atoms. The van der Waals surface area contributed by atoms with Crippen LogP contribution >= 0.6 is 0 Å². The van der Waals surface area contributed by atoms with Crippen molar-refractivity contribution in [3.8, 4) is 0 Å². The van der Waals surface area contributed by atoms with Gasteiger partial charge in [-0.25, -0.2) is 4.79 Å².